The zero-order valence-corrected chi connectivity index (χ0v) is 15.3. The van der Waals surface area contributed by atoms with E-state index in [9.17, 15) is 0 Å². The Labute approximate surface area is 158 Å². The standard InChI is InChI=1S/C23H21ClN2/c24-17-10-11-19-21(14-25-22(19)12-17)23(26-13-15-8-9-15)20-7-3-5-16-4-1-2-6-18(16)20/h1-7,10-12,14-15,23,25-26H,8-9,13H2. The molecule has 26 heavy (non-hydrogen) atoms. The van der Waals surface area contributed by atoms with E-state index in [1.54, 1.807) is 0 Å². The first kappa shape index (κ1) is 15.9. The first-order chi connectivity index (χ1) is 12.8. The molecule has 0 aliphatic heterocycles. The molecular weight excluding hydrogens is 340 g/mol. The highest BCUT2D eigenvalue weighted by Crippen LogP contribution is 2.35. The molecule has 1 heterocycles. The van der Waals surface area contributed by atoms with E-state index in [-0.39, 0.29) is 6.04 Å². The lowest BCUT2D eigenvalue weighted by Gasteiger charge is -2.21. The van der Waals surface area contributed by atoms with Crippen LogP contribution < -0.4 is 5.32 Å². The minimum absolute atomic E-state index is 0.164. The van der Waals surface area contributed by atoms with Crippen LogP contribution in [0.1, 0.15) is 30.0 Å². The lowest BCUT2D eigenvalue weighted by molar-refractivity contribution is 0.578. The molecule has 2 N–H and O–H groups in total. The topological polar surface area (TPSA) is 27.8 Å². The third-order valence-electron chi connectivity index (χ3n) is 5.43. The highest BCUT2D eigenvalue weighted by Gasteiger charge is 2.25. The molecule has 1 unspecified atom stereocenters. The Hall–Kier alpha value is -2.29. The number of hydrogen-bond donors (Lipinski definition) is 2. The molecule has 0 saturated heterocycles. The molecule has 1 atom stereocenters. The van der Waals surface area contributed by atoms with E-state index in [4.69, 9.17) is 11.6 Å². The number of halogens is 1. The molecule has 1 aromatic heterocycles. The number of hydrogen-bond acceptors (Lipinski definition) is 1. The Balaban J connectivity index is 1.66. The highest BCUT2D eigenvalue weighted by atomic mass is 35.5. The van der Waals surface area contributed by atoms with Gasteiger partial charge in [0.05, 0.1) is 6.04 Å². The minimum Gasteiger partial charge on any atom is -0.361 e. The fraction of sp³-hybridized carbons (Fsp3) is 0.217. The summed E-state index contributed by atoms with van der Waals surface area (Å²) >= 11 is 6.18. The van der Waals surface area contributed by atoms with Crippen molar-refractivity contribution in [3.05, 3.63) is 83.0 Å². The van der Waals surface area contributed by atoms with Gasteiger partial charge >= 0.3 is 0 Å². The van der Waals surface area contributed by atoms with Crippen molar-refractivity contribution in [3.63, 3.8) is 0 Å². The molecule has 1 saturated carbocycles. The van der Waals surface area contributed by atoms with Crippen molar-refractivity contribution in [1.29, 1.82) is 0 Å². The molecule has 2 nitrogen and oxygen atoms in total. The van der Waals surface area contributed by atoms with E-state index >= 15 is 0 Å². The van der Waals surface area contributed by atoms with Gasteiger partial charge in [0.25, 0.3) is 0 Å². The van der Waals surface area contributed by atoms with Gasteiger partial charge in [-0.25, -0.2) is 0 Å². The molecule has 0 spiro atoms. The number of H-pyrrole nitrogens is 1. The monoisotopic (exact) mass is 360 g/mol. The molecule has 5 rings (SSSR count). The molecule has 1 aliphatic rings. The maximum atomic E-state index is 6.18. The number of benzene rings is 3. The van der Waals surface area contributed by atoms with Gasteiger partial charge in [0.15, 0.2) is 0 Å². The molecule has 1 aliphatic carbocycles. The van der Waals surface area contributed by atoms with Crippen LogP contribution in [0.25, 0.3) is 21.7 Å². The van der Waals surface area contributed by atoms with Gasteiger partial charge in [0.2, 0.25) is 0 Å². The van der Waals surface area contributed by atoms with Crippen molar-refractivity contribution in [2.75, 3.05) is 6.54 Å². The smallest absolute Gasteiger partial charge is 0.0604 e. The van der Waals surface area contributed by atoms with E-state index in [0.29, 0.717) is 0 Å². The lowest BCUT2D eigenvalue weighted by atomic mass is 9.93. The molecule has 0 amide bonds. The van der Waals surface area contributed by atoms with Crippen LogP contribution in [0.5, 0.6) is 0 Å². The van der Waals surface area contributed by atoms with Gasteiger partial charge in [-0.05, 0) is 59.3 Å². The predicted octanol–water partition coefficient (Wildman–Crippen LogP) is 6.06. The Morgan fingerprint density at radius 1 is 0.962 bits per heavy atom. The number of rotatable bonds is 5. The summed E-state index contributed by atoms with van der Waals surface area (Å²) < 4.78 is 0. The van der Waals surface area contributed by atoms with Crippen LogP contribution in [0.4, 0.5) is 0 Å². The number of aromatic amines is 1. The Bertz CT molecular complexity index is 1070. The molecule has 1 fully saturated rings. The second-order valence-corrected chi connectivity index (χ2v) is 7.72. The number of aromatic nitrogens is 1. The summed E-state index contributed by atoms with van der Waals surface area (Å²) in [6, 6.07) is 21.5. The normalized spacial score (nSPS) is 15.6. The van der Waals surface area contributed by atoms with Crippen molar-refractivity contribution < 1.29 is 0 Å². The van der Waals surface area contributed by atoms with E-state index in [0.717, 1.165) is 23.0 Å². The van der Waals surface area contributed by atoms with Crippen molar-refractivity contribution in [3.8, 4) is 0 Å². The molecule has 0 radical (unpaired) electrons. The number of nitrogens with one attached hydrogen (secondary N) is 2. The summed E-state index contributed by atoms with van der Waals surface area (Å²) in [5.41, 5.74) is 3.71. The second-order valence-electron chi connectivity index (χ2n) is 7.29. The van der Waals surface area contributed by atoms with Gasteiger partial charge in [-0.2, -0.15) is 0 Å². The average Bonchev–Trinajstić information content (AvgIpc) is 3.41. The average molecular weight is 361 g/mol. The summed E-state index contributed by atoms with van der Waals surface area (Å²) in [4.78, 5) is 3.41. The summed E-state index contributed by atoms with van der Waals surface area (Å²) in [7, 11) is 0. The van der Waals surface area contributed by atoms with E-state index in [1.165, 1.54) is 40.1 Å². The summed E-state index contributed by atoms with van der Waals surface area (Å²) in [6.07, 6.45) is 4.82. The van der Waals surface area contributed by atoms with Crippen molar-refractivity contribution in [2.45, 2.75) is 18.9 Å². The fourth-order valence-electron chi connectivity index (χ4n) is 3.86. The molecule has 0 bridgehead atoms. The molecule has 3 aromatic carbocycles. The summed E-state index contributed by atoms with van der Waals surface area (Å²) in [6.45, 7) is 1.06. The van der Waals surface area contributed by atoms with Gasteiger partial charge in [-0.1, -0.05) is 60.1 Å². The second kappa shape index (κ2) is 6.46. The van der Waals surface area contributed by atoms with Crippen LogP contribution in [-0.2, 0) is 0 Å². The number of fused-ring (bicyclic) bond motifs is 2. The Kier molecular flexibility index (Phi) is 3.96. The van der Waals surface area contributed by atoms with Crippen LogP contribution in [0.2, 0.25) is 5.02 Å². The van der Waals surface area contributed by atoms with Gasteiger partial charge in [0, 0.05) is 22.1 Å². The van der Waals surface area contributed by atoms with Gasteiger partial charge in [-0.3, -0.25) is 0 Å². The van der Waals surface area contributed by atoms with Crippen molar-refractivity contribution in [1.82, 2.24) is 10.3 Å². The SMILES string of the molecule is Clc1ccc2c(C(NCC3CC3)c3cccc4ccccc34)c[nH]c2c1. The molecule has 130 valence electrons. The van der Waals surface area contributed by atoms with Crippen LogP contribution >= 0.6 is 11.6 Å². The first-order valence-corrected chi connectivity index (χ1v) is 9.65. The molecule has 3 heteroatoms. The largest absolute Gasteiger partial charge is 0.361 e. The third-order valence-corrected chi connectivity index (χ3v) is 5.66. The van der Waals surface area contributed by atoms with Crippen LogP contribution in [0.15, 0.2) is 66.9 Å². The van der Waals surface area contributed by atoms with Crippen molar-refractivity contribution in [2.24, 2.45) is 5.92 Å². The van der Waals surface area contributed by atoms with Gasteiger partial charge in [-0.15, -0.1) is 0 Å². The van der Waals surface area contributed by atoms with E-state index in [1.807, 2.05) is 12.1 Å². The fourth-order valence-corrected chi connectivity index (χ4v) is 4.03. The quantitative estimate of drug-likeness (QED) is 0.444. The van der Waals surface area contributed by atoms with Crippen LogP contribution in [0.3, 0.4) is 0 Å². The minimum atomic E-state index is 0.164. The summed E-state index contributed by atoms with van der Waals surface area (Å²) in [5, 5.41) is 8.44. The zero-order chi connectivity index (χ0) is 17.5. The predicted molar refractivity (Wildman–Crippen MR) is 110 cm³/mol. The van der Waals surface area contributed by atoms with E-state index in [2.05, 4.69) is 65.0 Å². The molecular formula is C23H21ClN2. The maximum absolute atomic E-state index is 6.18. The van der Waals surface area contributed by atoms with Gasteiger partial charge < -0.3 is 10.3 Å². The Morgan fingerprint density at radius 3 is 2.69 bits per heavy atom. The van der Waals surface area contributed by atoms with Crippen LogP contribution in [0, 0.1) is 5.92 Å². The highest BCUT2D eigenvalue weighted by molar-refractivity contribution is 6.31. The van der Waals surface area contributed by atoms with Crippen molar-refractivity contribution >= 4 is 33.3 Å². The first-order valence-electron chi connectivity index (χ1n) is 9.27. The lowest BCUT2D eigenvalue weighted by Crippen LogP contribution is -2.24. The Morgan fingerprint density at radius 2 is 1.81 bits per heavy atom. The summed E-state index contributed by atoms with van der Waals surface area (Å²) in [5.74, 6) is 0.826. The van der Waals surface area contributed by atoms with E-state index < -0.39 is 0 Å². The molecule has 4 aromatic rings. The van der Waals surface area contributed by atoms with Gasteiger partial charge in [0.1, 0.15) is 0 Å². The third kappa shape index (κ3) is 2.90. The zero-order valence-electron chi connectivity index (χ0n) is 14.5. The van der Waals surface area contributed by atoms with Crippen LogP contribution in [-0.4, -0.2) is 11.5 Å². The maximum Gasteiger partial charge on any atom is 0.0604 e.